The summed E-state index contributed by atoms with van der Waals surface area (Å²) in [6.45, 7) is 0. The third kappa shape index (κ3) is 3.10. The summed E-state index contributed by atoms with van der Waals surface area (Å²) in [5.41, 5.74) is 0.576. The van der Waals surface area contributed by atoms with Gasteiger partial charge in [0.15, 0.2) is 5.82 Å². The van der Waals surface area contributed by atoms with Crippen LogP contribution in [0.1, 0.15) is 31.2 Å². The van der Waals surface area contributed by atoms with Crippen LogP contribution >= 0.6 is 11.8 Å². The highest BCUT2D eigenvalue weighted by atomic mass is 32.2. The van der Waals surface area contributed by atoms with Crippen LogP contribution in [0, 0.1) is 11.3 Å². The molecule has 17 heavy (non-hydrogen) atoms. The summed E-state index contributed by atoms with van der Waals surface area (Å²) in [6, 6.07) is 4.27. The minimum atomic E-state index is 0.433. The first kappa shape index (κ1) is 12.2. The molecule has 0 amide bonds. The SMILES string of the molecule is CSC1CCC(Nc2nnccc2C#N)CC1. The second-order valence-corrected chi connectivity index (χ2v) is 5.40. The number of aromatic nitrogens is 2. The van der Waals surface area contributed by atoms with Gasteiger partial charge in [-0.25, -0.2) is 0 Å². The minimum Gasteiger partial charge on any atom is -0.365 e. The Morgan fingerprint density at radius 3 is 2.82 bits per heavy atom. The molecule has 1 saturated carbocycles. The van der Waals surface area contributed by atoms with Crippen molar-refractivity contribution in [3.63, 3.8) is 0 Å². The molecule has 0 atom stereocenters. The van der Waals surface area contributed by atoms with Gasteiger partial charge in [-0.05, 0) is 38.0 Å². The summed E-state index contributed by atoms with van der Waals surface area (Å²) < 4.78 is 0. The topological polar surface area (TPSA) is 61.6 Å². The molecule has 1 N–H and O–H groups in total. The molecule has 90 valence electrons. The fraction of sp³-hybridized carbons (Fsp3) is 0.583. The maximum absolute atomic E-state index is 8.97. The van der Waals surface area contributed by atoms with Gasteiger partial charge in [0.1, 0.15) is 6.07 Å². The van der Waals surface area contributed by atoms with Crippen molar-refractivity contribution in [3.8, 4) is 6.07 Å². The van der Waals surface area contributed by atoms with E-state index in [9.17, 15) is 0 Å². The number of rotatable bonds is 3. The van der Waals surface area contributed by atoms with Crippen LogP contribution in [0.3, 0.4) is 0 Å². The smallest absolute Gasteiger partial charge is 0.166 e. The Hall–Kier alpha value is -1.28. The first-order valence-corrected chi connectivity index (χ1v) is 7.13. The van der Waals surface area contributed by atoms with Crippen molar-refractivity contribution >= 4 is 17.6 Å². The molecule has 4 nitrogen and oxygen atoms in total. The lowest BCUT2D eigenvalue weighted by Crippen LogP contribution is -2.27. The molecule has 1 aromatic heterocycles. The average molecular weight is 248 g/mol. The summed E-state index contributed by atoms with van der Waals surface area (Å²) in [6.07, 6.45) is 8.49. The number of nitrogens with one attached hydrogen (secondary N) is 1. The molecule has 0 bridgehead atoms. The lowest BCUT2D eigenvalue weighted by molar-refractivity contribution is 0.472. The number of anilines is 1. The Morgan fingerprint density at radius 2 is 2.18 bits per heavy atom. The average Bonchev–Trinajstić information content (AvgIpc) is 2.40. The van der Waals surface area contributed by atoms with Gasteiger partial charge in [0.25, 0.3) is 0 Å². The Bertz CT molecular complexity index is 407. The summed E-state index contributed by atoms with van der Waals surface area (Å²) >= 11 is 1.95. The fourth-order valence-electron chi connectivity index (χ4n) is 2.16. The molecule has 1 fully saturated rings. The maximum atomic E-state index is 8.97. The summed E-state index contributed by atoms with van der Waals surface area (Å²) in [5, 5.41) is 20.9. The van der Waals surface area contributed by atoms with Crippen LogP contribution in [0.15, 0.2) is 12.3 Å². The van der Waals surface area contributed by atoms with Crippen molar-refractivity contribution in [2.45, 2.75) is 37.0 Å². The highest BCUT2D eigenvalue weighted by Gasteiger charge is 2.21. The van der Waals surface area contributed by atoms with E-state index in [1.165, 1.54) is 12.8 Å². The molecule has 0 unspecified atom stereocenters. The summed E-state index contributed by atoms with van der Waals surface area (Å²) in [7, 11) is 0. The fourth-order valence-corrected chi connectivity index (χ4v) is 2.91. The highest BCUT2D eigenvalue weighted by molar-refractivity contribution is 7.99. The van der Waals surface area contributed by atoms with Gasteiger partial charge in [0, 0.05) is 11.3 Å². The van der Waals surface area contributed by atoms with E-state index in [4.69, 9.17) is 5.26 Å². The van der Waals surface area contributed by atoms with E-state index in [0.717, 1.165) is 18.1 Å². The van der Waals surface area contributed by atoms with Gasteiger partial charge in [-0.2, -0.15) is 22.1 Å². The van der Waals surface area contributed by atoms with Crippen LogP contribution in [0.2, 0.25) is 0 Å². The first-order chi connectivity index (χ1) is 8.33. The molecule has 0 saturated heterocycles. The number of hydrogen-bond acceptors (Lipinski definition) is 5. The van der Waals surface area contributed by atoms with Crippen LogP contribution in [0.25, 0.3) is 0 Å². The van der Waals surface area contributed by atoms with E-state index in [1.54, 1.807) is 12.3 Å². The van der Waals surface area contributed by atoms with Crippen LogP contribution < -0.4 is 5.32 Å². The van der Waals surface area contributed by atoms with Gasteiger partial charge in [-0.15, -0.1) is 5.10 Å². The number of nitriles is 1. The zero-order valence-corrected chi connectivity index (χ0v) is 10.7. The quantitative estimate of drug-likeness (QED) is 0.890. The molecular formula is C12H16N4S. The van der Waals surface area contributed by atoms with E-state index in [-0.39, 0.29) is 0 Å². The third-order valence-corrected chi connectivity index (χ3v) is 4.33. The lowest BCUT2D eigenvalue weighted by Gasteiger charge is -2.28. The Labute approximate surface area is 106 Å². The molecule has 0 aromatic carbocycles. The molecule has 1 aromatic rings. The van der Waals surface area contributed by atoms with Gasteiger partial charge in [0.05, 0.1) is 11.8 Å². The van der Waals surface area contributed by atoms with Crippen molar-refractivity contribution < 1.29 is 0 Å². The zero-order chi connectivity index (χ0) is 12.1. The highest BCUT2D eigenvalue weighted by Crippen LogP contribution is 2.28. The third-order valence-electron chi connectivity index (χ3n) is 3.19. The molecule has 1 aliphatic rings. The Balaban J connectivity index is 1.96. The monoisotopic (exact) mass is 248 g/mol. The summed E-state index contributed by atoms with van der Waals surface area (Å²) in [5.74, 6) is 0.627. The first-order valence-electron chi connectivity index (χ1n) is 5.84. The van der Waals surface area contributed by atoms with E-state index >= 15 is 0 Å². The number of thioether (sulfide) groups is 1. The van der Waals surface area contributed by atoms with Crippen molar-refractivity contribution in [3.05, 3.63) is 17.8 Å². The molecule has 0 aliphatic heterocycles. The van der Waals surface area contributed by atoms with Crippen molar-refractivity contribution in [1.82, 2.24) is 10.2 Å². The Kier molecular flexibility index (Phi) is 4.21. The van der Waals surface area contributed by atoms with Crippen LogP contribution in [-0.4, -0.2) is 27.7 Å². The number of nitrogens with zero attached hydrogens (tertiary/aromatic N) is 3. The van der Waals surface area contributed by atoms with Gasteiger partial charge in [-0.3, -0.25) is 0 Å². The van der Waals surface area contributed by atoms with E-state index in [1.807, 2.05) is 11.8 Å². The summed E-state index contributed by atoms with van der Waals surface area (Å²) in [4.78, 5) is 0. The molecule has 1 aliphatic carbocycles. The molecule has 1 heterocycles. The standard InChI is InChI=1S/C12H16N4S/c1-17-11-4-2-10(3-5-11)15-12-9(8-13)6-7-14-16-12/h6-7,10-11H,2-5H2,1H3,(H,15,16). The van der Waals surface area contributed by atoms with E-state index in [2.05, 4.69) is 27.8 Å². The van der Waals surface area contributed by atoms with Gasteiger partial charge in [-0.1, -0.05) is 0 Å². The number of hydrogen-bond donors (Lipinski definition) is 1. The van der Waals surface area contributed by atoms with Crippen LogP contribution in [-0.2, 0) is 0 Å². The molecule has 5 heteroatoms. The second kappa shape index (κ2) is 5.87. The predicted molar refractivity (Wildman–Crippen MR) is 69.9 cm³/mol. The van der Waals surface area contributed by atoms with E-state index < -0.39 is 0 Å². The maximum Gasteiger partial charge on any atom is 0.166 e. The van der Waals surface area contributed by atoms with E-state index in [0.29, 0.717) is 17.4 Å². The molecule has 0 spiro atoms. The van der Waals surface area contributed by atoms with Crippen molar-refractivity contribution in [2.24, 2.45) is 0 Å². The van der Waals surface area contributed by atoms with Crippen molar-refractivity contribution in [2.75, 3.05) is 11.6 Å². The van der Waals surface area contributed by atoms with Gasteiger partial charge >= 0.3 is 0 Å². The van der Waals surface area contributed by atoms with Crippen molar-refractivity contribution in [1.29, 1.82) is 5.26 Å². The molecule has 0 radical (unpaired) electrons. The Morgan fingerprint density at radius 1 is 1.41 bits per heavy atom. The lowest BCUT2D eigenvalue weighted by atomic mass is 9.95. The van der Waals surface area contributed by atoms with Crippen LogP contribution in [0.5, 0.6) is 0 Å². The van der Waals surface area contributed by atoms with Gasteiger partial charge < -0.3 is 5.32 Å². The minimum absolute atomic E-state index is 0.433. The van der Waals surface area contributed by atoms with Crippen LogP contribution in [0.4, 0.5) is 5.82 Å². The predicted octanol–water partition coefficient (Wildman–Crippen LogP) is 2.43. The normalized spacial score (nSPS) is 24.0. The van der Waals surface area contributed by atoms with Gasteiger partial charge in [0.2, 0.25) is 0 Å². The molecular weight excluding hydrogens is 232 g/mol. The zero-order valence-electron chi connectivity index (χ0n) is 9.89. The molecule has 2 rings (SSSR count). The second-order valence-electron chi connectivity index (χ2n) is 4.26. The largest absolute Gasteiger partial charge is 0.365 e.